The van der Waals surface area contributed by atoms with Crippen LogP contribution in [-0.4, -0.2) is 10.8 Å². The molecule has 0 radical (unpaired) electrons. The molecular formula is C16H19NOS. The summed E-state index contributed by atoms with van der Waals surface area (Å²) < 4.78 is 0. The summed E-state index contributed by atoms with van der Waals surface area (Å²) in [6, 6.07) is 7.95. The van der Waals surface area contributed by atoms with Crippen LogP contribution in [-0.2, 0) is 6.42 Å². The van der Waals surface area contributed by atoms with Crippen molar-refractivity contribution in [3.05, 3.63) is 51.0 Å². The fourth-order valence-corrected chi connectivity index (χ4v) is 3.07. The van der Waals surface area contributed by atoms with Gasteiger partial charge < -0.3 is 0 Å². The van der Waals surface area contributed by atoms with E-state index in [4.69, 9.17) is 0 Å². The third-order valence-corrected chi connectivity index (χ3v) is 4.01. The second-order valence-electron chi connectivity index (χ2n) is 5.27. The number of aryl methyl sites for hydroxylation is 2. The lowest BCUT2D eigenvalue weighted by Crippen LogP contribution is -2.02. The van der Waals surface area contributed by atoms with Crippen LogP contribution in [0.3, 0.4) is 0 Å². The van der Waals surface area contributed by atoms with E-state index in [0.717, 1.165) is 27.6 Å². The Labute approximate surface area is 118 Å². The minimum atomic E-state index is 0.0914. The van der Waals surface area contributed by atoms with E-state index < -0.39 is 0 Å². The highest BCUT2D eigenvalue weighted by atomic mass is 32.1. The van der Waals surface area contributed by atoms with Gasteiger partial charge in [0.15, 0.2) is 0 Å². The number of carbonyl (C=O) groups is 1. The van der Waals surface area contributed by atoms with Crippen molar-refractivity contribution >= 4 is 17.1 Å². The van der Waals surface area contributed by atoms with Crippen molar-refractivity contribution in [2.24, 2.45) is 5.92 Å². The molecule has 0 bridgehead atoms. The van der Waals surface area contributed by atoms with E-state index in [1.165, 1.54) is 16.9 Å². The van der Waals surface area contributed by atoms with Crippen molar-refractivity contribution in [3.8, 4) is 0 Å². The van der Waals surface area contributed by atoms with Crippen LogP contribution < -0.4 is 0 Å². The summed E-state index contributed by atoms with van der Waals surface area (Å²) in [4.78, 5) is 17.6. The Kier molecular flexibility index (Phi) is 4.15. The van der Waals surface area contributed by atoms with E-state index in [-0.39, 0.29) is 5.78 Å². The number of benzene rings is 1. The minimum absolute atomic E-state index is 0.0914. The summed E-state index contributed by atoms with van der Waals surface area (Å²) in [5.41, 5.74) is 2.83. The molecule has 19 heavy (non-hydrogen) atoms. The van der Waals surface area contributed by atoms with Crippen molar-refractivity contribution in [3.63, 3.8) is 0 Å². The molecule has 0 atom stereocenters. The molecule has 100 valence electrons. The van der Waals surface area contributed by atoms with Crippen LogP contribution in [0.15, 0.2) is 24.3 Å². The third kappa shape index (κ3) is 3.29. The van der Waals surface area contributed by atoms with Crippen LogP contribution in [0.5, 0.6) is 0 Å². The van der Waals surface area contributed by atoms with Crippen molar-refractivity contribution in [1.29, 1.82) is 0 Å². The van der Waals surface area contributed by atoms with Gasteiger partial charge in [0.1, 0.15) is 0 Å². The first-order valence-corrected chi connectivity index (χ1v) is 7.36. The topological polar surface area (TPSA) is 30.0 Å². The predicted octanol–water partition coefficient (Wildman–Crippen LogP) is 4.19. The molecular weight excluding hydrogens is 254 g/mol. The zero-order chi connectivity index (χ0) is 14.0. The van der Waals surface area contributed by atoms with Crippen molar-refractivity contribution < 1.29 is 4.79 Å². The van der Waals surface area contributed by atoms with Crippen molar-refractivity contribution in [2.75, 3.05) is 0 Å². The molecule has 1 aromatic heterocycles. The van der Waals surface area contributed by atoms with Crippen molar-refractivity contribution in [2.45, 2.75) is 34.1 Å². The summed E-state index contributed by atoms with van der Waals surface area (Å²) in [7, 11) is 0. The van der Waals surface area contributed by atoms with Crippen LogP contribution in [0, 0.1) is 19.8 Å². The Morgan fingerprint density at radius 1 is 1.32 bits per heavy atom. The van der Waals surface area contributed by atoms with E-state index >= 15 is 0 Å². The van der Waals surface area contributed by atoms with Crippen LogP contribution >= 0.6 is 11.3 Å². The van der Waals surface area contributed by atoms with E-state index in [1.807, 2.05) is 32.0 Å². The Morgan fingerprint density at radius 3 is 2.63 bits per heavy atom. The number of carbonyl (C=O) groups excluding carboxylic acids is 1. The molecule has 0 spiro atoms. The van der Waals surface area contributed by atoms with Crippen molar-refractivity contribution in [1.82, 2.24) is 4.98 Å². The normalized spacial score (nSPS) is 11.0. The highest BCUT2D eigenvalue weighted by molar-refractivity contribution is 7.14. The summed E-state index contributed by atoms with van der Waals surface area (Å²) in [5, 5.41) is 0.944. The number of hydrogen-bond acceptors (Lipinski definition) is 3. The maximum Gasteiger partial charge on any atom is 0.204 e. The number of rotatable bonds is 4. The SMILES string of the molecule is Cc1nc(C)c(C(=O)c2cccc(CC(C)C)c2)s1. The molecule has 0 saturated heterocycles. The summed E-state index contributed by atoms with van der Waals surface area (Å²) >= 11 is 1.48. The van der Waals surface area contributed by atoms with Gasteiger partial charge in [-0.25, -0.2) is 4.98 Å². The second kappa shape index (κ2) is 5.66. The highest BCUT2D eigenvalue weighted by Gasteiger charge is 2.16. The number of ketones is 1. The van der Waals surface area contributed by atoms with Gasteiger partial charge in [0.05, 0.1) is 15.6 Å². The minimum Gasteiger partial charge on any atom is -0.288 e. The van der Waals surface area contributed by atoms with E-state index in [2.05, 4.69) is 24.9 Å². The third-order valence-electron chi connectivity index (χ3n) is 2.94. The standard InChI is InChI=1S/C16H19NOS/c1-10(2)8-13-6-5-7-14(9-13)15(18)16-11(3)17-12(4)19-16/h5-7,9-10H,8H2,1-4H3. The quantitative estimate of drug-likeness (QED) is 0.782. The first-order chi connectivity index (χ1) is 8.97. The van der Waals surface area contributed by atoms with Gasteiger partial charge in [0.2, 0.25) is 5.78 Å². The lowest BCUT2D eigenvalue weighted by Gasteiger charge is -2.06. The molecule has 0 aliphatic carbocycles. The zero-order valence-corrected chi connectivity index (χ0v) is 12.7. The summed E-state index contributed by atoms with van der Waals surface area (Å²) in [6.45, 7) is 8.20. The molecule has 2 rings (SSSR count). The molecule has 0 unspecified atom stereocenters. The van der Waals surface area contributed by atoms with E-state index in [0.29, 0.717) is 5.92 Å². The molecule has 0 aliphatic rings. The maximum absolute atomic E-state index is 12.5. The lowest BCUT2D eigenvalue weighted by molar-refractivity contribution is 0.104. The monoisotopic (exact) mass is 273 g/mol. The van der Waals surface area contributed by atoms with Gasteiger partial charge in [-0.15, -0.1) is 11.3 Å². The predicted molar refractivity (Wildman–Crippen MR) is 80.0 cm³/mol. The van der Waals surface area contributed by atoms with Gasteiger partial charge in [-0.2, -0.15) is 0 Å². The van der Waals surface area contributed by atoms with Crippen LogP contribution in [0.2, 0.25) is 0 Å². The molecule has 0 N–H and O–H groups in total. The number of aromatic nitrogens is 1. The summed E-state index contributed by atoms with van der Waals surface area (Å²) in [6.07, 6.45) is 1.00. The number of hydrogen-bond donors (Lipinski definition) is 0. The average Bonchev–Trinajstić information content (AvgIpc) is 2.67. The maximum atomic E-state index is 12.5. The molecule has 1 aromatic carbocycles. The first kappa shape index (κ1) is 13.9. The van der Waals surface area contributed by atoms with E-state index in [1.54, 1.807) is 0 Å². The Hall–Kier alpha value is -1.48. The van der Waals surface area contributed by atoms with Gasteiger partial charge in [-0.1, -0.05) is 32.0 Å². The Bertz CT molecular complexity index is 599. The van der Waals surface area contributed by atoms with Gasteiger partial charge in [0.25, 0.3) is 0 Å². The van der Waals surface area contributed by atoms with Gasteiger partial charge >= 0.3 is 0 Å². The molecule has 0 amide bonds. The highest BCUT2D eigenvalue weighted by Crippen LogP contribution is 2.22. The molecule has 0 saturated carbocycles. The number of thiazole rings is 1. The van der Waals surface area contributed by atoms with Gasteiger partial charge in [0, 0.05) is 5.56 Å². The van der Waals surface area contributed by atoms with Crippen LogP contribution in [0.25, 0.3) is 0 Å². The van der Waals surface area contributed by atoms with E-state index in [9.17, 15) is 4.79 Å². The molecule has 1 heterocycles. The van der Waals surface area contributed by atoms with Gasteiger partial charge in [-0.3, -0.25) is 4.79 Å². The first-order valence-electron chi connectivity index (χ1n) is 6.55. The number of nitrogens with zero attached hydrogens (tertiary/aromatic N) is 1. The van der Waals surface area contributed by atoms with Crippen LogP contribution in [0.4, 0.5) is 0 Å². The fraction of sp³-hybridized carbons (Fsp3) is 0.375. The average molecular weight is 273 g/mol. The second-order valence-corrected chi connectivity index (χ2v) is 6.48. The molecule has 0 fully saturated rings. The zero-order valence-electron chi connectivity index (χ0n) is 11.9. The molecule has 2 nitrogen and oxygen atoms in total. The fourth-order valence-electron chi connectivity index (χ4n) is 2.18. The molecule has 3 heteroatoms. The molecule has 0 aliphatic heterocycles. The Balaban J connectivity index is 2.31. The lowest BCUT2D eigenvalue weighted by atomic mass is 9.99. The summed E-state index contributed by atoms with van der Waals surface area (Å²) in [5.74, 6) is 0.687. The largest absolute Gasteiger partial charge is 0.288 e. The van der Waals surface area contributed by atoms with Crippen LogP contribution in [0.1, 0.15) is 45.3 Å². The molecule has 2 aromatic rings. The Morgan fingerprint density at radius 2 is 2.05 bits per heavy atom. The smallest absolute Gasteiger partial charge is 0.204 e. The van der Waals surface area contributed by atoms with Gasteiger partial charge in [-0.05, 0) is 37.8 Å².